The second kappa shape index (κ2) is 3.36. The minimum Gasteiger partial charge on any atom is -0.456 e. The van der Waals surface area contributed by atoms with Gasteiger partial charge in [-0.1, -0.05) is 6.58 Å². The fourth-order valence-electron chi connectivity index (χ4n) is 4.70. The summed E-state index contributed by atoms with van der Waals surface area (Å²) in [6, 6.07) is 0. The van der Waals surface area contributed by atoms with Crippen LogP contribution < -0.4 is 0 Å². The number of carbonyl (C=O) groups excluding carboxylic acids is 1. The van der Waals surface area contributed by atoms with Gasteiger partial charge in [0.05, 0.1) is 11.2 Å². The van der Waals surface area contributed by atoms with Crippen LogP contribution in [-0.2, 0) is 9.53 Å². The largest absolute Gasteiger partial charge is 0.456 e. The van der Waals surface area contributed by atoms with Gasteiger partial charge in [-0.2, -0.15) is 0 Å². The summed E-state index contributed by atoms with van der Waals surface area (Å²) in [5, 5.41) is 20.9. The molecule has 0 aromatic carbocycles. The van der Waals surface area contributed by atoms with Gasteiger partial charge in [-0.05, 0) is 38.0 Å². The Morgan fingerprint density at radius 1 is 1.33 bits per heavy atom. The van der Waals surface area contributed by atoms with Crippen molar-refractivity contribution in [1.29, 1.82) is 0 Å². The normalized spacial score (nSPS) is 53.3. The van der Waals surface area contributed by atoms with E-state index in [9.17, 15) is 15.0 Å². The van der Waals surface area contributed by atoms with Gasteiger partial charge in [0.15, 0.2) is 0 Å². The zero-order chi connectivity index (χ0) is 13.2. The Morgan fingerprint density at radius 2 is 2.06 bits per heavy atom. The monoisotopic (exact) mass is 252 g/mol. The predicted octanol–water partition coefficient (Wildman–Crippen LogP) is 1.16. The van der Waals surface area contributed by atoms with E-state index in [2.05, 4.69) is 6.58 Å². The summed E-state index contributed by atoms with van der Waals surface area (Å²) in [6.45, 7) is 5.15. The molecule has 0 aliphatic heterocycles. The molecule has 0 amide bonds. The molecule has 18 heavy (non-hydrogen) atoms. The second-order valence-corrected chi connectivity index (χ2v) is 6.74. The van der Waals surface area contributed by atoms with Crippen molar-refractivity contribution in [3.05, 3.63) is 12.7 Å². The van der Waals surface area contributed by atoms with Crippen molar-refractivity contribution in [3.8, 4) is 0 Å². The van der Waals surface area contributed by atoms with Crippen LogP contribution in [0.3, 0.4) is 0 Å². The Kier molecular flexibility index (Phi) is 2.28. The minimum atomic E-state index is -0.976. The lowest BCUT2D eigenvalue weighted by Gasteiger charge is -2.51. The average molecular weight is 252 g/mol. The molecule has 3 aliphatic carbocycles. The summed E-state index contributed by atoms with van der Waals surface area (Å²) in [5.41, 5.74) is -2.34. The molecule has 3 aliphatic rings. The van der Waals surface area contributed by atoms with Crippen molar-refractivity contribution in [2.45, 2.75) is 55.8 Å². The Balaban J connectivity index is 1.91. The number of hydrogen-bond acceptors (Lipinski definition) is 4. The van der Waals surface area contributed by atoms with Gasteiger partial charge in [0, 0.05) is 18.9 Å². The van der Waals surface area contributed by atoms with Crippen molar-refractivity contribution >= 4 is 5.97 Å². The van der Waals surface area contributed by atoms with Crippen LogP contribution in [0.5, 0.6) is 0 Å². The molecule has 0 aromatic heterocycles. The molecule has 0 aromatic rings. The van der Waals surface area contributed by atoms with Crippen molar-refractivity contribution < 1.29 is 19.7 Å². The van der Waals surface area contributed by atoms with Crippen LogP contribution in [0.2, 0.25) is 0 Å². The lowest BCUT2D eigenvalue weighted by atomic mass is 9.59. The number of ether oxygens (including phenoxy) is 1. The maximum absolute atomic E-state index is 11.5. The first kappa shape index (κ1) is 12.2. The Labute approximate surface area is 107 Å². The lowest BCUT2D eigenvalue weighted by molar-refractivity contribution is -0.175. The molecular weight excluding hydrogens is 232 g/mol. The van der Waals surface area contributed by atoms with Gasteiger partial charge in [0.2, 0.25) is 0 Å². The maximum Gasteiger partial charge on any atom is 0.330 e. The Hall–Kier alpha value is -0.870. The maximum atomic E-state index is 11.5. The predicted molar refractivity (Wildman–Crippen MR) is 64.7 cm³/mol. The Morgan fingerprint density at radius 3 is 2.72 bits per heavy atom. The topological polar surface area (TPSA) is 66.8 Å². The highest BCUT2D eigenvalue weighted by Gasteiger charge is 2.67. The van der Waals surface area contributed by atoms with E-state index in [1.165, 1.54) is 6.08 Å². The van der Waals surface area contributed by atoms with Gasteiger partial charge in [0.1, 0.15) is 5.60 Å². The molecule has 0 radical (unpaired) electrons. The summed E-state index contributed by atoms with van der Waals surface area (Å²) < 4.78 is 5.55. The first-order valence-corrected chi connectivity index (χ1v) is 6.58. The fraction of sp³-hybridized carbons (Fsp3) is 0.786. The van der Waals surface area contributed by atoms with Gasteiger partial charge in [0.25, 0.3) is 0 Å². The highest BCUT2D eigenvalue weighted by molar-refractivity contribution is 5.81. The second-order valence-electron chi connectivity index (χ2n) is 6.74. The van der Waals surface area contributed by atoms with E-state index < -0.39 is 22.8 Å². The summed E-state index contributed by atoms with van der Waals surface area (Å²) in [7, 11) is 0. The standard InChI is InChI=1S/C14H20O4/c1-3-11(15)18-13-4-9-5-14(17,10(9)6-13)8-12(2,16)7-13/h3,9-10,16-17H,1,4-8H2,2H3. The third-order valence-corrected chi connectivity index (χ3v) is 4.97. The van der Waals surface area contributed by atoms with Gasteiger partial charge in [-0.15, -0.1) is 0 Å². The van der Waals surface area contributed by atoms with E-state index in [1.807, 2.05) is 0 Å². The molecule has 0 heterocycles. The van der Waals surface area contributed by atoms with E-state index >= 15 is 0 Å². The van der Waals surface area contributed by atoms with Crippen LogP contribution in [-0.4, -0.2) is 33.0 Å². The number of fused-ring (bicyclic) bond motifs is 1. The molecule has 3 rings (SSSR count). The van der Waals surface area contributed by atoms with Gasteiger partial charge >= 0.3 is 5.97 Å². The Bertz CT molecular complexity index is 416. The van der Waals surface area contributed by atoms with E-state index in [-0.39, 0.29) is 5.92 Å². The molecule has 3 saturated carbocycles. The highest BCUT2D eigenvalue weighted by Crippen LogP contribution is 2.64. The first-order valence-electron chi connectivity index (χ1n) is 6.58. The molecule has 3 fully saturated rings. The SMILES string of the molecule is C=CC(=O)OC12CC3CC(O)(CC(C)(O)C1)C3C2. The molecule has 0 spiro atoms. The molecule has 2 N–H and O–H groups in total. The molecule has 4 heteroatoms. The first-order chi connectivity index (χ1) is 8.28. The summed E-state index contributed by atoms with van der Waals surface area (Å²) >= 11 is 0. The van der Waals surface area contributed by atoms with E-state index in [4.69, 9.17) is 4.74 Å². The smallest absolute Gasteiger partial charge is 0.330 e. The van der Waals surface area contributed by atoms with E-state index in [0.29, 0.717) is 25.2 Å². The summed E-state index contributed by atoms with van der Waals surface area (Å²) in [6.07, 6.45) is 4.12. The van der Waals surface area contributed by atoms with Gasteiger partial charge < -0.3 is 14.9 Å². The quantitative estimate of drug-likeness (QED) is 0.571. The summed E-state index contributed by atoms with van der Waals surface area (Å²) in [4.78, 5) is 11.5. The minimum absolute atomic E-state index is 0.170. The van der Waals surface area contributed by atoms with Crippen molar-refractivity contribution in [1.82, 2.24) is 0 Å². The zero-order valence-corrected chi connectivity index (χ0v) is 10.7. The number of rotatable bonds is 2. The van der Waals surface area contributed by atoms with Gasteiger partial charge in [-0.3, -0.25) is 0 Å². The molecule has 100 valence electrons. The van der Waals surface area contributed by atoms with E-state index in [1.54, 1.807) is 6.92 Å². The number of esters is 1. The third-order valence-electron chi connectivity index (χ3n) is 4.97. The number of aliphatic hydroxyl groups is 2. The lowest BCUT2D eigenvalue weighted by Crippen LogP contribution is -2.55. The van der Waals surface area contributed by atoms with Gasteiger partial charge in [-0.25, -0.2) is 4.79 Å². The van der Waals surface area contributed by atoms with Crippen molar-refractivity contribution in [2.75, 3.05) is 0 Å². The molecule has 5 atom stereocenters. The van der Waals surface area contributed by atoms with Crippen LogP contribution in [0.25, 0.3) is 0 Å². The number of carbonyl (C=O) groups is 1. The number of hydrogen-bond donors (Lipinski definition) is 2. The third kappa shape index (κ3) is 1.62. The van der Waals surface area contributed by atoms with Crippen molar-refractivity contribution in [2.24, 2.45) is 11.8 Å². The van der Waals surface area contributed by atoms with Crippen molar-refractivity contribution in [3.63, 3.8) is 0 Å². The van der Waals surface area contributed by atoms with Crippen LogP contribution in [0.15, 0.2) is 12.7 Å². The van der Waals surface area contributed by atoms with Crippen LogP contribution in [0, 0.1) is 11.8 Å². The zero-order valence-electron chi connectivity index (χ0n) is 10.7. The highest BCUT2D eigenvalue weighted by atomic mass is 16.6. The molecule has 4 nitrogen and oxygen atoms in total. The van der Waals surface area contributed by atoms with Crippen LogP contribution in [0.1, 0.15) is 39.0 Å². The molecule has 5 unspecified atom stereocenters. The average Bonchev–Trinajstić information content (AvgIpc) is 2.47. The molecule has 2 bridgehead atoms. The molecular formula is C14H20O4. The van der Waals surface area contributed by atoms with Crippen LogP contribution >= 0.6 is 0 Å². The van der Waals surface area contributed by atoms with Crippen LogP contribution in [0.4, 0.5) is 0 Å². The fourth-order valence-corrected chi connectivity index (χ4v) is 4.70. The summed E-state index contributed by atoms with van der Waals surface area (Å²) in [5.74, 6) is 0.172. The molecule has 0 saturated heterocycles. The van der Waals surface area contributed by atoms with E-state index in [0.717, 1.165) is 12.8 Å².